The van der Waals surface area contributed by atoms with Crippen molar-refractivity contribution in [2.75, 3.05) is 18.0 Å². The topological polar surface area (TPSA) is 95.4 Å². The number of hydrogen-bond donors (Lipinski definition) is 2. The zero-order valence-electron chi connectivity index (χ0n) is 16.2. The van der Waals surface area contributed by atoms with E-state index in [0.29, 0.717) is 12.8 Å². The van der Waals surface area contributed by atoms with Crippen LogP contribution < -0.4 is 10.2 Å². The van der Waals surface area contributed by atoms with Crippen LogP contribution in [0.3, 0.4) is 0 Å². The Hall–Kier alpha value is -2.22. The molecule has 0 unspecified atom stereocenters. The molecule has 1 fully saturated rings. The van der Waals surface area contributed by atoms with Gasteiger partial charge in [0.1, 0.15) is 23.0 Å². The molecule has 27 heavy (non-hydrogen) atoms. The van der Waals surface area contributed by atoms with Crippen LogP contribution in [0.4, 0.5) is 5.82 Å². The van der Waals surface area contributed by atoms with Gasteiger partial charge in [-0.1, -0.05) is 13.8 Å². The average molecular weight is 391 g/mol. The van der Waals surface area contributed by atoms with Crippen molar-refractivity contribution in [3.8, 4) is 0 Å². The van der Waals surface area contributed by atoms with Crippen LogP contribution in [-0.4, -0.2) is 46.1 Å². The number of rotatable bonds is 5. The van der Waals surface area contributed by atoms with Crippen LogP contribution in [0, 0.1) is 25.7 Å². The smallest absolute Gasteiger partial charge is 0.326 e. The minimum absolute atomic E-state index is 0.148. The fraction of sp³-hybridized carbons (Fsp3) is 0.579. The molecule has 8 heteroatoms. The maximum absolute atomic E-state index is 12.5. The predicted octanol–water partition coefficient (Wildman–Crippen LogP) is 2.75. The van der Waals surface area contributed by atoms with Crippen LogP contribution >= 0.6 is 11.3 Å². The van der Waals surface area contributed by atoms with E-state index < -0.39 is 12.0 Å². The Labute approximate surface area is 162 Å². The summed E-state index contributed by atoms with van der Waals surface area (Å²) in [6.45, 7) is 9.23. The van der Waals surface area contributed by atoms with E-state index in [4.69, 9.17) is 0 Å². The number of nitrogens with one attached hydrogen (secondary N) is 1. The summed E-state index contributed by atoms with van der Waals surface area (Å²) in [5, 5.41) is 13.1. The van der Waals surface area contributed by atoms with Crippen molar-refractivity contribution in [3.05, 3.63) is 16.8 Å². The molecular weight excluding hydrogens is 364 g/mol. The molecule has 2 N–H and O–H groups in total. The maximum atomic E-state index is 12.5. The van der Waals surface area contributed by atoms with E-state index in [1.807, 2.05) is 0 Å². The number of aliphatic carboxylic acids is 1. The summed E-state index contributed by atoms with van der Waals surface area (Å²) in [7, 11) is 0. The van der Waals surface area contributed by atoms with Crippen molar-refractivity contribution in [2.24, 2.45) is 11.8 Å². The first-order chi connectivity index (χ1) is 12.8. The first-order valence-electron chi connectivity index (χ1n) is 9.28. The molecule has 1 aliphatic rings. The molecule has 0 spiro atoms. The van der Waals surface area contributed by atoms with Crippen LogP contribution in [0.25, 0.3) is 10.2 Å². The van der Waals surface area contributed by atoms with Crippen molar-refractivity contribution in [2.45, 2.75) is 46.6 Å². The number of carbonyl (C=O) groups excluding carboxylic acids is 1. The normalized spacial score (nSPS) is 16.7. The molecule has 2 aromatic rings. The largest absolute Gasteiger partial charge is 0.480 e. The molecule has 0 radical (unpaired) electrons. The third-order valence-corrected chi connectivity index (χ3v) is 6.46. The second-order valence-electron chi connectivity index (χ2n) is 7.49. The Morgan fingerprint density at radius 1 is 1.26 bits per heavy atom. The summed E-state index contributed by atoms with van der Waals surface area (Å²) in [6.07, 6.45) is 2.97. The zero-order chi connectivity index (χ0) is 19.7. The third kappa shape index (κ3) is 3.90. The number of piperidine rings is 1. The van der Waals surface area contributed by atoms with Crippen molar-refractivity contribution in [1.29, 1.82) is 0 Å². The lowest BCUT2D eigenvalue weighted by Gasteiger charge is -2.33. The van der Waals surface area contributed by atoms with Gasteiger partial charge in [0.25, 0.3) is 0 Å². The number of fused-ring (bicyclic) bond motifs is 1. The fourth-order valence-electron chi connectivity index (χ4n) is 3.54. The van der Waals surface area contributed by atoms with Crippen LogP contribution in [-0.2, 0) is 9.59 Å². The molecule has 1 aliphatic heterocycles. The number of aryl methyl sites for hydroxylation is 2. The first kappa shape index (κ1) is 19.5. The summed E-state index contributed by atoms with van der Waals surface area (Å²) in [5.74, 6) is -0.518. The number of carbonyl (C=O) groups is 2. The summed E-state index contributed by atoms with van der Waals surface area (Å²) < 4.78 is 0. The van der Waals surface area contributed by atoms with Gasteiger partial charge in [-0.2, -0.15) is 0 Å². The van der Waals surface area contributed by atoms with Gasteiger partial charge in [-0.15, -0.1) is 11.3 Å². The van der Waals surface area contributed by atoms with E-state index in [2.05, 4.69) is 34.0 Å². The number of hydrogen-bond acceptors (Lipinski definition) is 6. The van der Waals surface area contributed by atoms with Gasteiger partial charge in [0.15, 0.2) is 0 Å². The van der Waals surface area contributed by atoms with Gasteiger partial charge >= 0.3 is 5.97 Å². The molecule has 0 bridgehead atoms. The van der Waals surface area contributed by atoms with E-state index in [-0.39, 0.29) is 17.7 Å². The van der Waals surface area contributed by atoms with E-state index in [0.717, 1.165) is 29.1 Å². The van der Waals surface area contributed by atoms with Gasteiger partial charge in [0.05, 0.1) is 5.39 Å². The highest BCUT2D eigenvalue weighted by atomic mass is 32.1. The molecule has 0 saturated carbocycles. The first-order valence-corrected chi connectivity index (χ1v) is 10.1. The van der Waals surface area contributed by atoms with Crippen LogP contribution in [0.15, 0.2) is 6.33 Å². The molecule has 1 saturated heterocycles. The number of carboxylic acid groups (broad SMARTS) is 1. The molecule has 0 aliphatic carbocycles. The molecule has 1 atom stereocenters. The minimum atomic E-state index is -0.984. The number of aromatic nitrogens is 2. The van der Waals surface area contributed by atoms with E-state index in [1.54, 1.807) is 31.5 Å². The van der Waals surface area contributed by atoms with Gasteiger partial charge in [-0.3, -0.25) is 4.79 Å². The lowest BCUT2D eigenvalue weighted by molar-refractivity contribution is -0.143. The SMILES string of the molecule is Cc1sc2ncnc(N3CCC(C(=O)N[C@@H](C(=O)O)C(C)C)CC3)c2c1C. The molecule has 146 valence electrons. The lowest BCUT2D eigenvalue weighted by Crippen LogP contribution is -2.48. The Morgan fingerprint density at radius 2 is 1.93 bits per heavy atom. The lowest BCUT2D eigenvalue weighted by atomic mass is 9.94. The van der Waals surface area contributed by atoms with Crippen LogP contribution in [0.5, 0.6) is 0 Å². The summed E-state index contributed by atoms with van der Waals surface area (Å²) >= 11 is 1.68. The van der Waals surface area contributed by atoms with E-state index in [9.17, 15) is 14.7 Å². The van der Waals surface area contributed by atoms with Crippen molar-refractivity contribution < 1.29 is 14.7 Å². The molecule has 2 aromatic heterocycles. The molecule has 3 rings (SSSR count). The summed E-state index contributed by atoms with van der Waals surface area (Å²) in [6, 6.07) is -0.839. The summed E-state index contributed by atoms with van der Waals surface area (Å²) in [4.78, 5) is 37.2. The Bertz CT molecular complexity index is 856. The Balaban J connectivity index is 1.69. The standard InChI is InChI=1S/C19H26N4O3S/c1-10(2)15(19(25)26)22-17(24)13-5-7-23(8-6-13)16-14-11(3)12(4)27-18(14)21-9-20-16/h9-10,13,15H,5-8H2,1-4H3,(H,22,24)(H,25,26)/t15-/m1/s1. The van der Waals surface area contributed by atoms with Gasteiger partial charge in [-0.05, 0) is 38.2 Å². The second kappa shape index (κ2) is 7.80. The molecule has 7 nitrogen and oxygen atoms in total. The number of anilines is 1. The Kier molecular flexibility index (Phi) is 5.64. The van der Waals surface area contributed by atoms with Crippen molar-refractivity contribution in [3.63, 3.8) is 0 Å². The monoisotopic (exact) mass is 390 g/mol. The highest BCUT2D eigenvalue weighted by Gasteiger charge is 2.31. The number of nitrogens with zero attached hydrogens (tertiary/aromatic N) is 3. The minimum Gasteiger partial charge on any atom is -0.480 e. The number of carboxylic acids is 1. The Morgan fingerprint density at radius 3 is 2.52 bits per heavy atom. The van der Waals surface area contributed by atoms with Gasteiger partial charge in [0, 0.05) is 23.9 Å². The van der Waals surface area contributed by atoms with Crippen LogP contribution in [0.2, 0.25) is 0 Å². The predicted molar refractivity (Wildman–Crippen MR) is 106 cm³/mol. The van der Waals surface area contributed by atoms with Gasteiger partial charge in [-0.25, -0.2) is 14.8 Å². The average Bonchev–Trinajstić information content (AvgIpc) is 2.93. The van der Waals surface area contributed by atoms with Crippen molar-refractivity contribution >= 4 is 39.2 Å². The highest BCUT2D eigenvalue weighted by Crippen LogP contribution is 2.35. The van der Waals surface area contributed by atoms with Gasteiger partial charge in [0.2, 0.25) is 5.91 Å². The highest BCUT2D eigenvalue weighted by molar-refractivity contribution is 7.18. The fourth-order valence-corrected chi connectivity index (χ4v) is 4.53. The zero-order valence-corrected chi connectivity index (χ0v) is 17.0. The maximum Gasteiger partial charge on any atom is 0.326 e. The van der Waals surface area contributed by atoms with Crippen molar-refractivity contribution in [1.82, 2.24) is 15.3 Å². The van der Waals surface area contributed by atoms with Gasteiger partial charge < -0.3 is 15.3 Å². The van der Waals surface area contributed by atoms with E-state index >= 15 is 0 Å². The second-order valence-corrected chi connectivity index (χ2v) is 8.69. The van der Waals surface area contributed by atoms with Crippen LogP contribution in [0.1, 0.15) is 37.1 Å². The third-order valence-electron chi connectivity index (χ3n) is 5.34. The summed E-state index contributed by atoms with van der Waals surface area (Å²) in [5.41, 5.74) is 1.21. The molecule has 0 aromatic carbocycles. The quantitative estimate of drug-likeness (QED) is 0.815. The molecular formula is C19H26N4O3S. The molecule has 3 heterocycles. The number of amides is 1. The van der Waals surface area contributed by atoms with E-state index in [1.165, 1.54) is 10.4 Å². The number of thiophene rings is 1. The molecule has 1 amide bonds.